The summed E-state index contributed by atoms with van der Waals surface area (Å²) in [5, 5.41) is 10.8. The van der Waals surface area contributed by atoms with Gasteiger partial charge in [-0.3, -0.25) is 4.90 Å². The van der Waals surface area contributed by atoms with E-state index in [1.807, 2.05) is 0 Å². The summed E-state index contributed by atoms with van der Waals surface area (Å²) >= 11 is 1.76. The number of anilines is 1. The lowest BCUT2D eigenvalue weighted by Gasteiger charge is -2.42. The Kier molecular flexibility index (Phi) is 5.64. The quantitative estimate of drug-likeness (QED) is 0.755. The Morgan fingerprint density at radius 3 is 2.74 bits per heavy atom. The maximum atomic E-state index is 9.59. The summed E-state index contributed by atoms with van der Waals surface area (Å²) < 4.78 is 0. The highest BCUT2D eigenvalue weighted by atomic mass is 32.1. The van der Waals surface area contributed by atoms with Gasteiger partial charge in [-0.15, -0.1) is 11.3 Å². The predicted octanol–water partition coefficient (Wildman–Crippen LogP) is 2.09. The molecule has 3 heterocycles. The highest BCUT2D eigenvalue weighted by Gasteiger charge is 2.33. The Hall–Kier alpha value is -1.28. The van der Waals surface area contributed by atoms with Crippen LogP contribution in [0, 0.1) is 19.8 Å². The zero-order valence-electron chi connectivity index (χ0n) is 16.4. The Balaban J connectivity index is 1.65. The minimum atomic E-state index is 0.244. The van der Waals surface area contributed by atoms with E-state index >= 15 is 0 Å². The standard InChI is InChI=1S/C20H31N5OS/c1-13-14(2)27-20-18(13)19(22-17(23-20)5-7-21)25-9-8-24(11-15-3-4-15)16(12-25)6-10-26/h15-16,26H,3-12,21H2,1-2H3/t16-/m1/s1. The number of aliphatic hydroxyl groups is 1. The zero-order valence-corrected chi connectivity index (χ0v) is 17.3. The number of hydrogen-bond donors (Lipinski definition) is 2. The minimum absolute atomic E-state index is 0.244. The Morgan fingerprint density at radius 2 is 2.04 bits per heavy atom. The van der Waals surface area contributed by atoms with E-state index < -0.39 is 0 Å². The van der Waals surface area contributed by atoms with Gasteiger partial charge < -0.3 is 15.7 Å². The average molecular weight is 390 g/mol. The molecule has 0 radical (unpaired) electrons. The molecule has 148 valence electrons. The predicted molar refractivity (Wildman–Crippen MR) is 112 cm³/mol. The second-order valence-corrected chi connectivity index (χ2v) is 9.22. The first kappa shape index (κ1) is 19.1. The van der Waals surface area contributed by atoms with Gasteiger partial charge >= 0.3 is 0 Å². The molecule has 2 aliphatic rings. The summed E-state index contributed by atoms with van der Waals surface area (Å²) in [6.45, 7) is 9.29. The number of nitrogens with zero attached hydrogens (tertiary/aromatic N) is 4. The van der Waals surface area contributed by atoms with Gasteiger partial charge in [-0.1, -0.05) is 0 Å². The highest BCUT2D eigenvalue weighted by molar-refractivity contribution is 7.18. The van der Waals surface area contributed by atoms with Crippen LogP contribution >= 0.6 is 11.3 Å². The van der Waals surface area contributed by atoms with E-state index in [-0.39, 0.29) is 6.61 Å². The van der Waals surface area contributed by atoms with Gasteiger partial charge in [0.2, 0.25) is 0 Å². The van der Waals surface area contributed by atoms with E-state index in [0.717, 1.165) is 48.4 Å². The third-order valence-corrected chi connectivity index (χ3v) is 7.08. The van der Waals surface area contributed by atoms with Crippen molar-refractivity contribution in [2.24, 2.45) is 11.7 Å². The molecule has 27 heavy (non-hydrogen) atoms. The molecule has 0 spiro atoms. The van der Waals surface area contributed by atoms with Crippen LogP contribution < -0.4 is 10.6 Å². The molecule has 2 aromatic heterocycles. The number of aliphatic hydroxyl groups excluding tert-OH is 1. The zero-order chi connectivity index (χ0) is 19.0. The molecule has 2 aromatic rings. The van der Waals surface area contributed by atoms with Crippen molar-refractivity contribution in [1.29, 1.82) is 0 Å². The molecule has 6 nitrogen and oxygen atoms in total. The van der Waals surface area contributed by atoms with Crippen molar-refractivity contribution >= 4 is 27.4 Å². The molecule has 1 atom stereocenters. The molecule has 1 aliphatic carbocycles. The van der Waals surface area contributed by atoms with Crippen LogP contribution in [0.4, 0.5) is 5.82 Å². The first-order valence-electron chi connectivity index (χ1n) is 10.2. The van der Waals surface area contributed by atoms with Gasteiger partial charge in [0, 0.05) is 50.1 Å². The van der Waals surface area contributed by atoms with Crippen LogP contribution in [0.25, 0.3) is 10.2 Å². The smallest absolute Gasteiger partial charge is 0.141 e. The van der Waals surface area contributed by atoms with Gasteiger partial charge in [0.05, 0.1) is 5.39 Å². The van der Waals surface area contributed by atoms with E-state index in [1.54, 1.807) is 11.3 Å². The number of piperazine rings is 1. The van der Waals surface area contributed by atoms with Gasteiger partial charge in [-0.2, -0.15) is 0 Å². The van der Waals surface area contributed by atoms with Crippen LogP contribution in [-0.2, 0) is 6.42 Å². The summed E-state index contributed by atoms with van der Waals surface area (Å²) in [5.41, 5.74) is 7.07. The third-order valence-electron chi connectivity index (χ3n) is 5.98. The van der Waals surface area contributed by atoms with Crippen LogP contribution in [0.3, 0.4) is 0 Å². The van der Waals surface area contributed by atoms with Crippen molar-refractivity contribution in [2.45, 2.75) is 45.6 Å². The van der Waals surface area contributed by atoms with Gasteiger partial charge in [0.15, 0.2) is 0 Å². The molecule has 3 N–H and O–H groups in total. The molecular formula is C20H31N5OS. The van der Waals surface area contributed by atoms with E-state index in [1.165, 1.54) is 35.2 Å². The molecule has 0 aromatic carbocycles. The molecule has 1 saturated carbocycles. The second kappa shape index (κ2) is 7.99. The maximum absolute atomic E-state index is 9.59. The van der Waals surface area contributed by atoms with Crippen LogP contribution in [-0.4, -0.2) is 65.3 Å². The fourth-order valence-electron chi connectivity index (χ4n) is 4.12. The summed E-state index contributed by atoms with van der Waals surface area (Å²) in [5.74, 6) is 2.79. The van der Waals surface area contributed by atoms with E-state index in [4.69, 9.17) is 15.7 Å². The van der Waals surface area contributed by atoms with E-state index in [2.05, 4.69) is 23.6 Å². The topological polar surface area (TPSA) is 78.5 Å². The SMILES string of the molecule is Cc1sc2nc(CCN)nc(N3CCN(CC4CC4)[C@H](CCO)C3)c2c1C. The van der Waals surface area contributed by atoms with Crippen LogP contribution in [0.5, 0.6) is 0 Å². The average Bonchev–Trinajstić information content (AvgIpc) is 3.42. The molecule has 4 rings (SSSR count). The number of hydrogen-bond acceptors (Lipinski definition) is 7. The molecular weight excluding hydrogens is 358 g/mol. The van der Waals surface area contributed by atoms with Crippen molar-refractivity contribution in [3.63, 3.8) is 0 Å². The normalized spacial score (nSPS) is 21.3. The first-order valence-corrected chi connectivity index (χ1v) is 11.0. The van der Waals surface area contributed by atoms with Crippen molar-refractivity contribution < 1.29 is 5.11 Å². The lowest BCUT2D eigenvalue weighted by Crippen LogP contribution is -2.54. The molecule has 1 aliphatic heterocycles. The largest absolute Gasteiger partial charge is 0.396 e. The fourth-order valence-corrected chi connectivity index (χ4v) is 5.16. The number of aromatic nitrogens is 2. The van der Waals surface area contributed by atoms with Crippen molar-refractivity contribution in [1.82, 2.24) is 14.9 Å². The number of aryl methyl sites for hydroxylation is 2. The molecule has 7 heteroatoms. The van der Waals surface area contributed by atoms with E-state index in [9.17, 15) is 5.11 Å². The highest BCUT2D eigenvalue weighted by Crippen LogP contribution is 2.37. The molecule has 2 fully saturated rings. The van der Waals surface area contributed by atoms with Crippen molar-refractivity contribution in [3.05, 3.63) is 16.3 Å². The van der Waals surface area contributed by atoms with Crippen molar-refractivity contribution in [3.8, 4) is 0 Å². The van der Waals surface area contributed by atoms with Gasteiger partial charge in [0.25, 0.3) is 0 Å². The summed E-state index contributed by atoms with van der Waals surface area (Å²) in [7, 11) is 0. The number of nitrogens with two attached hydrogens (primary N) is 1. The Bertz CT molecular complexity index is 803. The van der Waals surface area contributed by atoms with Crippen molar-refractivity contribution in [2.75, 3.05) is 44.2 Å². The first-order chi connectivity index (χ1) is 13.1. The second-order valence-electron chi connectivity index (χ2n) is 8.02. The van der Waals surface area contributed by atoms with Gasteiger partial charge in [-0.25, -0.2) is 9.97 Å². The van der Waals surface area contributed by atoms with Crippen LogP contribution in [0.1, 0.15) is 35.5 Å². The lowest BCUT2D eigenvalue weighted by molar-refractivity contribution is 0.137. The van der Waals surface area contributed by atoms with Crippen LogP contribution in [0.15, 0.2) is 0 Å². The molecule has 0 amide bonds. The summed E-state index contributed by atoms with van der Waals surface area (Å²) in [6.07, 6.45) is 4.28. The van der Waals surface area contributed by atoms with Gasteiger partial charge in [0.1, 0.15) is 16.5 Å². The third kappa shape index (κ3) is 3.97. The summed E-state index contributed by atoms with van der Waals surface area (Å²) in [4.78, 5) is 17.1. The fraction of sp³-hybridized carbons (Fsp3) is 0.700. The number of thiophene rings is 1. The van der Waals surface area contributed by atoms with E-state index in [0.29, 0.717) is 19.0 Å². The monoisotopic (exact) mass is 389 g/mol. The lowest BCUT2D eigenvalue weighted by atomic mass is 10.1. The van der Waals surface area contributed by atoms with Gasteiger partial charge in [-0.05, 0) is 51.1 Å². The molecule has 0 unspecified atom stereocenters. The summed E-state index contributed by atoms with van der Waals surface area (Å²) in [6, 6.07) is 0.396. The Labute approximate surface area is 165 Å². The minimum Gasteiger partial charge on any atom is -0.396 e. The number of rotatable bonds is 7. The number of fused-ring (bicyclic) bond motifs is 1. The Morgan fingerprint density at radius 1 is 1.22 bits per heavy atom. The molecule has 1 saturated heterocycles. The van der Waals surface area contributed by atoms with Crippen LogP contribution in [0.2, 0.25) is 0 Å². The molecule has 0 bridgehead atoms. The maximum Gasteiger partial charge on any atom is 0.141 e.